The van der Waals surface area contributed by atoms with Gasteiger partial charge < -0.3 is 14.4 Å². The number of hydrogen-bond acceptors (Lipinski definition) is 4. The summed E-state index contributed by atoms with van der Waals surface area (Å²) in [7, 11) is 1.59. The molecule has 0 aliphatic carbocycles. The van der Waals surface area contributed by atoms with Gasteiger partial charge in [0, 0.05) is 43.3 Å². The molecule has 6 heteroatoms. The lowest BCUT2D eigenvalue weighted by Crippen LogP contribution is -2.35. The standard InChI is InChI=1S/C23H29ClN2O3/c1-17(2)29-21-10-7-19(15-22(21)28-3)23(27)26-12-4-11-25(13-14-26)16-18-5-8-20(24)9-6-18/h5-10,15,17H,4,11-14,16H2,1-3H3. The minimum absolute atomic E-state index is 0.0349. The van der Waals surface area contributed by atoms with Crippen LogP contribution in [-0.4, -0.2) is 55.1 Å². The van der Waals surface area contributed by atoms with Gasteiger partial charge in [0.25, 0.3) is 5.91 Å². The molecule has 0 bridgehead atoms. The van der Waals surface area contributed by atoms with Crippen LogP contribution >= 0.6 is 11.6 Å². The van der Waals surface area contributed by atoms with Crippen molar-refractivity contribution < 1.29 is 14.3 Å². The molecule has 0 spiro atoms. The van der Waals surface area contributed by atoms with E-state index in [1.54, 1.807) is 13.2 Å². The van der Waals surface area contributed by atoms with E-state index in [0.717, 1.165) is 37.6 Å². The molecule has 0 radical (unpaired) electrons. The summed E-state index contributed by atoms with van der Waals surface area (Å²) in [6, 6.07) is 13.4. The first-order chi connectivity index (χ1) is 14.0. The van der Waals surface area contributed by atoms with Gasteiger partial charge in [-0.05, 0) is 56.2 Å². The molecule has 0 N–H and O–H groups in total. The maximum atomic E-state index is 13.1. The van der Waals surface area contributed by atoms with Crippen LogP contribution in [0.25, 0.3) is 0 Å². The van der Waals surface area contributed by atoms with Crippen LogP contribution in [-0.2, 0) is 6.54 Å². The molecule has 0 unspecified atom stereocenters. The van der Waals surface area contributed by atoms with Crippen molar-refractivity contribution in [1.29, 1.82) is 0 Å². The molecule has 29 heavy (non-hydrogen) atoms. The number of benzene rings is 2. The molecule has 156 valence electrons. The van der Waals surface area contributed by atoms with Crippen molar-refractivity contribution in [1.82, 2.24) is 9.80 Å². The Bertz CT molecular complexity index is 823. The number of rotatable bonds is 6. The third-order valence-corrected chi connectivity index (χ3v) is 5.22. The summed E-state index contributed by atoms with van der Waals surface area (Å²) >= 11 is 5.97. The van der Waals surface area contributed by atoms with Crippen molar-refractivity contribution in [2.75, 3.05) is 33.3 Å². The maximum Gasteiger partial charge on any atom is 0.254 e. The van der Waals surface area contributed by atoms with Crippen molar-refractivity contribution in [3.8, 4) is 11.5 Å². The van der Waals surface area contributed by atoms with Crippen LogP contribution in [0.4, 0.5) is 0 Å². The van der Waals surface area contributed by atoms with Gasteiger partial charge in [0.15, 0.2) is 11.5 Å². The summed E-state index contributed by atoms with van der Waals surface area (Å²) in [5.41, 5.74) is 1.86. The molecule has 1 saturated heterocycles. The summed E-state index contributed by atoms with van der Waals surface area (Å²) in [5.74, 6) is 1.28. The fourth-order valence-electron chi connectivity index (χ4n) is 3.51. The second-order valence-corrected chi connectivity index (χ2v) is 8.02. The average molecular weight is 417 g/mol. The maximum absolute atomic E-state index is 13.1. The SMILES string of the molecule is COc1cc(C(=O)N2CCCN(Cc3ccc(Cl)cc3)CC2)ccc1OC(C)C. The van der Waals surface area contributed by atoms with E-state index in [0.29, 0.717) is 23.6 Å². The molecule has 5 nitrogen and oxygen atoms in total. The van der Waals surface area contributed by atoms with Gasteiger partial charge in [-0.1, -0.05) is 23.7 Å². The predicted molar refractivity (Wildman–Crippen MR) is 116 cm³/mol. The molecule has 1 amide bonds. The first kappa shape index (κ1) is 21.5. The molecule has 1 heterocycles. The normalized spacial score (nSPS) is 15.3. The highest BCUT2D eigenvalue weighted by atomic mass is 35.5. The van der Waals surface area contributed by atoms with E-state index in [4.69, 9.17) is 21.1 Å². The van der Waals surface area contributed by atoms with E-state index < -0.39 is 0 Å². The van der Waals surface area contributed by atoms with Crippen LogP contribution < -0.4 is 9.47 Å². The molecule has 0 saturated carbocycles. The molecule has 0 atom stereocenters. The van der Waals surface area contributed by atoms with Crippen LogP contribution in [0.15, 0.2) is 42.5 Å². The van der Waals surface area contributed by atoms with Gasteiger partial charge in [0.1, 0.15) is 0 Å². The summed E-state index contributed by atoms with van der Waals surface area (Å²) in [6.45, 7) is 8.07. The fourth-order valence-corrected chi connectivity index (χ4v) is 3.64. The molecule has 2 aromatic rings. The first-order valence-electron chi connectivity index (χ1n) is 10.1. The fraction of sp³-hybridized carbons (Fsp3) is 0.435. The number of hydrogen-bond donors (Lipinski definition) is 0. The van der Waals surface area contributed by atoms with E-state index in [-0.39, 0.29) is 12.0 Å². The van der Waals surface area contributed by atoms with Crippen molar-refractivity contribution in [2.24, 2.45) is 0 Å². The minimum Gasteiger partial charge on any atom is -0.493 e. The van der Waals surface area contributed by atoms with Crippen LogP contribution in [0.3, 0.4) is 0 Å². The molecule has 1 fully saturated rings. The molecule has 0 aromatic heterocycles. The molecular formula is C23H29ClN2O3. The monoisotopic (exact) mass is 416 g/mol. The Morgan fingerprint density at radius 1 is 1.03 bits per heavy atom. The topological polar surface area (TPSA) is 42.0 Å². The van der Waals surface area contributed by atoms with E-state index in [9.17, 15) is 4.79 Å². The van der Waals surface area contributed by atoms with Crippen LogP contribution in [0.1, 0.15) is 36.2 Å². The van der Waals surface area contributed by atoms with Crippen molar-refractivity contribution in [2.45, 2.75) is 32.9 Å². The van der Waals surface area contributed by atoms with Crippen molar-refractivity contribution in [3.05, 3.63) is 58.6 Å². The zero-order valence-corrected chi connectivity index (χ0v) is 18.1. The lowest BCUT2D eigenvalue weighted by molar-refractivity contribution is 0.0760. The van der Waals surface area contributed by atoms with Gasteiger partial charge in [0.05, 0.1) is 13.2 Å². The summed E-state index contributed by atoms with van der Waals surface area (Å²) < 4.78 is 11.2. The summed E-state index contributed by atoms with van der Waals surface area (Å²) in [6.07, 6.45) is 0.994. The zero-order chi connectivity index (χ0) is 20.8. The zero-order valence-electron chi connectivity index (χ0n) is 17.4. The van der Waals surface area contributed by atoms with Gasteiger partial charge in [0.2, 0.25) is 0 Å². The van der Waals surface area contributed by atoms with E-state index in [2.05, 4.69) is 17.0 Å². The highest BCUT2D eigenvalue weighted by Gasteiger charge is 2.21. The third-order valence-electron chi connectivity index (χ3n) is 4.97. The summed E-state index contributed by atoms with van der Waals surface area (Å²) in [4.78, 5) is 17.4. The number of halogens is 1. The van der Waals surface area contributed by atoms with Gasteiger partial charge >= 0.3 is 0 Å². The van der Waals surface area contributed by atoms with Crippen molar-refractivity contribution >= 4 is 17.5 Å². The number of ether oxygens (including phenoxy) is 2. The predicted octanol–water partition coefficient (Wildman–Crippen LogP) is 4.48. The lowest BCUT2D eigenvalue weighted by Gasteiger charge is -2.22. The lowest BCUT2D eigenvalue weighted by atomic mass is 10.1. The quantitative estimate of drug-likeness (QED) is 0.696. The number of carbonyl (C=O) groups is 1. The smallest absolute Gasteiger partial charge is 0.254 e. The molecule has 2 aromatic carbocycles. The Morgan fingerprint density at radius 2 is 1.79 bits per heavy atom. The van der Waals surface area contributed by atoms with Gasteiger partial charge in [-0.15, -0.1) is 0 Å². The second kappa shape index (κ2) is 9.99. The largest absolute Gasteiger partial charge is 0.493 e. The van der Waals surface area contributed by atoms with Crippen molar-refractivity contribution in [3.63, 3.8) is 0 Å². The van der Waals surface area contributed by atoms with E-state index in [1.807, 2.05) is 43.0 Å². The Kier molecular flexibility index (Phi) is 7.40. The number of methoxy groups -OCH3 is 1. The van der Waals surface area contributed by atoms with Gasteiger partial charge in [-0.3, -0.25) is 9.69 Å². The highest BCUT2D eigenvalue weighted by Crippen LogP contribution is 2.29. The van der Waals surface area contributed by atoms with Gasteiger partial charge in [-0.2, -0.15) is 0 Å². The Hall–Kier alpha value is -2.24. The minimum atomic E-state index is 0.0349. The van der Waals surface area contributed by atoms with Crippen LogP contribution in [0.5, 0.6) is 11.5 Å². The van der Waals surface area contributed by atoms with Gasteiger partial charge in [-0.25, -0.2) is 0 Å². The molecule has 1 aliphatic heterocycles. The molecule has 1 aliphatic rings. The third kappa shape index (κ3) is 5.87. The number of nitrogens with zero attached hydrogens (tertiary/aromatic N) is 2. The molecule has 3 rings (SSSR count). The van der Waals surface area contributed by atoms with Crippen LogP contribution in [0.2, 0.25) is 5.02 Å². The van der Waals surface area contributed by atoms with E-state index in [1.165, 1.54) is 5.56 Å². The molecular weight excluding hydrogens is 388 g/mol. The second-order valence-electron chi connectivity index (χ2n) is 7.58. The Balaban J connectivity index is 1.63. The van der Waals surface area contributed by atoms with E-state index >= 15 is 0 Å². The Morgan fingerprint density at radius 3 is 2.48 bits per heavy atom. The Labute approximate surface area is 178 Å². The van der Waals surface area contributed by atoms with Crippen LogP contribution in [0, 0.1) is 0 Å². The number of amides is 1. The number of carbonyl (C=O) groups excluding carboxylic acids is 1. The first-order valence-corrected chi connectivity index (χ1v) is 10.4. The average Bonchev–Trinajstić information content (AvgIpc) is 2.94. The summed E-state index contributed by atoms with van der Waals surface area (Å²) in [5, 5.41) is 0.752. The highest BCUT2D eigenvalue weighted by molar-refractivity contribution is 6.30.